The molecule has 0 unspecified atom stereocenters. The van der Waals surface area contributed by atoms with E-state index in [1.807, 2.05) is 0 Å². The summed E-state index contributed by atoms with van der Waals surface area (Å²) in [6, 6.07) is 0.815. The van der Waals surface area contributed by atoms with Crippen molar-refractivity contribution in [3.63, 3.8) is 0 Å². The van der Waals surface area contributed by atoms with Crippen LogP contribution in [0.2, 0.25) is 5.02 Å². The summed E-state index contributed by atoms with van der Waals surface area (Å²) in [5, 5.41) is 17.3. The van der Waals surface area contributed by atoms with Gasteiger partial charge in [0.1, 0.15) is 0 Å². The van der Waals surface area contributed by atoms with Crippen LogP contribution in [-0.2, 0) is 6.18 Å². The minimum absolute atomic E-state index is 0.123. The van der Waals surface area contributed by atoms with Crippen LogP contribution in [0.5, 0.6) is 0 Å². The summed E-state index contributed by atoms with van der Waals surface area (Å²) in [6.45, 7) is 3.19. The molecule has 2 heterocycles. The SMILES string of the molecule is CC(C)(O)CSc1nnc2c(Cl)cc(C(F)(F)F)cn12. The molecule has 2 rings (SSSR count). The summed E-state index contributed by atoms with van der Waals surface area (Å²) in [7, 11) is 0. The molecule has 2 aromatic heterocycles. The molecule has 4 nitrogen and oxygen atoms in total. The van der Waals surface area contributed by atoms with E-state index in [2.05, 4.69) is 10.2 Å². The second kappa shape index (κ2) is 5.09. The fourth-order valence-electron chi connectivity index (χ4n) is 1.43. The molecule has 0 amide bonds. The first-order chi connectivity index (χ1) is 9.08. The first-order valence-electron chi connectivity index (χ1n) is 5.54. The van der Waals surface area contributed by atoms with Crippen LogP contribution in [0.15, 0.2) is 17.4 Å². The van der Waals surface area contributed by atoms with Gasteiger partial charge in [-0.2, -0.15) is 13.2 Å². The van der Waals surface area contributed by atoms with Gasteiger partial charge in [0.2, 0.25) is 0 Å². The van der Waals surface area contributed by atoms with Crippen LogP contribution in [-0.4, -0.2) is 31.1 Å². The first-order valence-corrected chi connectivity index (χ1v) is 6.91. The smallest absolute Gasteiger partial charge is 0.390 e. The van der Waals surface area contributed by atoms with Crippen molar-refractivity contribution in [2.75, 3.05) is 5.75 Å². The molecule has 0 bridgehead atoms. The molecule has 9 heteroatoms. The lowest BCUT2D eigenvalue weighted by atomic mass is 10.2. The minimum atomic E-state index is -4.50. The van der Waals surface area contributed by atoms with E-state index >= 15 is 0 Å². The maximum absolute atomic E-state index is 12.7. The average Bonchev–Trinajstić information content (AvgIpc) is 2.67. The minimum Gasteiger partial charge on any atom is -0.390 e. The molecule has 1 N–H and O–H groups in total. The fourth-order valence-corrected chi connectivity index (χ4v) is 2.53. The van der Waals surface area contributed by atoms with Gasteiger partial charge < -0.3 is 5.11 Å². The Hall–Kier alpha value is -0.990. The first kappa shape index (κ1) is 15.4. The standard InChI is InChI=1S/C11H11ClF3N3OS/c1-10(2,19)5-20-9-17-16-8-7(12)3-6(4-18(8)9)11(13,14)15/h3-4,19H,5H2,1-2H3. The molecule has 2 aromatic rings. The maximum Gasteiger partial charge on any atom is 0.417 e. The van der Waals surface area contributed by atoms with E-state index in [1.54, 1.807) is 13.8 Å². The quantitative estimate of drug-likeness (QED) is 0.880. The van der Waals surface area contributed by atoms with Crippen LogP contribution >= 0.6 is 23.4 Å². The number of hydrogen-bond acceptors (Lipinski definition) is 4. The van der Waals surface area contributed by atoms with Crippen molar-refractivity contribution < 1.29 is 18.3 Å². The molecule has 0 saturated carbocycles. The van der Waals surface area contributed by atoms with E-state index in [0.29, 0.717) is 0 Å². The van der Waals surface area contributed by atoms with E-state index < -0.39 is 17.3 Å². The van der Waals surface area contributed by atoms with Gasteiger partial charge in [-0.05, 0) is 19.9 Å². The second-order valence-corrected chi connectivity index (χ2v) is 6.20. The largest absolute Gasteiger partial charge is 0.417 e. The normalized spacial score (nSPS) is 13.2. The van der Waals surface area contributed by atoms with Crippen molar-refractivity contribution in [3.8, 4) is 0 Å². The number of aliphatic hydroxyl groups is 1. The zero-order valence-corrected chi connectivity index (χ0v) is 12.1. The zero-order chi connectivity index (χ0) is 15.1. The van der Waals surface area contributed by atoms with Crippen LogP contribution in [0.3, 0.4) is 0 Å². The molecule has 0 spiro atoms. The molecule has 0 radical (unpaired) electrons. The van der Waals surface area contributed by atoms with Crippen LogP contribution in [0.4, 0.5) is 13.2 Å². The Kier molecular flexibility index (Phi) is 3.92. The van der Waals surface area contributed by atoms with Crippen molar-refractivity contribution in [1.29, 1.82) is 0 Å². The number of pyridine rings is 1. The number of halogens is 4. The van der Waals surface area contributed by atoms with Crippen LogP contribution < -0.4 is 0 Å². The Labute approximate surface area is 121 Å². The topological polar surface area (TPSA) is 50.4 Å². The van der Waals surface area contributed by atoms with Crippen molar-refractivity contribution in [2.45, 2.75) is 30.8 Å². The molecular formula is C11H11ClF3N3OS. The molecule has 110 valence electrons. The van der Waals surface area contributed by atoms with Crippen LogP contribution in [0.1, 0.15) is 19.4 Å². The Morgan fingerprint density at radius 3 is 2.55 bits per heavy atom. The van der Waals surface area contributed by atoms with Gasteiger partial charge in [-0.15, -0.1) is 10.2 Å². The second-order valence-electron chi connectivity index (χ2n) is 4.85. The van der Waals surface area contributed by atoms with Gasteiger partial charge in [-0.25, -0.2) is 0 Å². The summed E-state index contributed by atoms with van der Waals surface area (Å²) in [5.41, 5.74) is -1.69. The Balaban J connectivity index is 2.45. The zero-order valence-electron chi connectivity index (χ0n) is 10.6. The maximum atomic E-state index is 12.7. The number of rotatable bonds is 3. The van der Waals surface area contributed by atoms with Gasteiger partial charge in [-0.3, -0.25) is 4.40 Å². The Morgan fingerprint density at radius 1 is 1.35 bits per heavy atom. The highest BCUT2D eigenvalue weighted by Gasteiger charge is 2.32. The van der Waals surface area contributed by atoms with Crippen LogP contribution in [0, 0.1) is 0 Å². The molecule has 0 aliphatic rings. The van der Waals surface area contributed by atoms with Crippen molar-refractivity contribution in [3.05, 3.63) is 22.8 Å². The van der Waals surface area contributed by atoms with Crippen molar-refractivity contribution in [1.82, 2.24) is 14.6 Å². The van der Waals surface area contributed by atoms with Gasteiger partial charge in [0, 0.05) is 11.9 Å². The molecule has 0 aliphatic heterocycles. The van der Waals surface area contributed by atoms with E-state index in [4.69, 9.17) is 11.6 Å². The number of alkyl halides is 3. The highest BCUT2D eigenvalue weighted by atomic mass is 35.5. The summed E-state index contributed by atoms with van der Waals surface area (Å²) >= 11 is 6.89. The van der Waals surface area contributed by atoms with E-state index in [-0.39, 0.29) is 21.6 Å². The van der Waals surface area contributed by atoms with Gasteiger partial charge in [-0.1, -0.05) is 23.4 Å². The number of nitrogens with zero attached hydrogens (tertiary/aromatic N) is 3. The van der Waals surface area contributed by atoms with Gasteiger partial charge in [0.05, 0.1) is 16.2 Å². The van der Waals surface area contributed by atoms with E-state index in [1.165, 1.54) is 4.40 Å². The summed E-state index contributed by atoms with van der Waals surface area (Å²) < 4.78 is 39.4. The molecular weight excluding hydrogens is 315 g/mol. The third-order valence-corrected chi connectivity index (χ3v) is 3.98. The average molecular weight is 326 g/mol. The van der Waals surface area contributed by atoms with Crippen molar-refractivity contribution in [2.24, 2.45) is 0 Å². The molecule has 0 saturated heterocycles. The van der Waals surface area contributed by atoms with E-state index in [9.17, 15) is 18.3 Å². The Bertz CT molecular complexity index is 636. The Morgan fingerprint density at radius 2 is 2.00 bits per heavy atom. The predicted octanol–water partition coefficient (Wildman–Crippen LogP) is 3.26. The van der Waals surface area contributed by atoms with Gasteiger partial charge in [0.15, 0.2) is 10.8 Å². The van der Waals surface area contributed by atoms with Gasteiger partial charge >= 0.3 is 6.18 Å². The third-order valence-electron chi connectivity index (χ3n) is 2.31. The number of hydrogen-bond donors (Lipinski definition) is 1. The molecule has 0 aliphatic carbocycles. The fraction of sp³-hybridized carbons (Fsp3) is 0.455. The lowest BCUT2D eigenvalue weighted by Crippen LogP contribution is -2.21. The molecule has 0 fully saturated rings. The number of thioether (sulfide) groups is 1. The summed E-state index contributed by atoms with van der Waals surface area (Å²) in [4.78, 5) is 0. The predicted molar refractivity (Wildman–Crippen MR) is 70.0 cm³/mol. The number of aromatic nitrogens is 3. The highest BCUT2D eigenvalue weighted by molar-refractivity contribution is 7.99. The van der Waals surface area contributed by atoms with Crippen LogP contribution in [0.25, 0.3) is 5.65 Å². The lowest BCUT2D eigenvalue weighted by Gasteiger charge is -2.15. The molecule has 0 atom stereocenters. The molecule has 20 heavy (non-hydrogen) atoms. The van der Waals surface area contributed by atoms with E-state index in [0.717, 1.165) is 24.0 Å². The molecule has 0 aromatic carbocycles. The van der Waals surface area contributed by atoms with Gasteiger partial charge in [0.25, 0.3) is 0 Å². The van der Waals surface area contributed by atoms with Crippen molar-refractivity contribution >= 4 is 29.0 Å². The summed E-state index contributed by atoms with van der Waals surface area (Å²) in [5.74, 6) is 0.266. The third kappa shape index (κ3) is 3.36. The highest BCUT2D eigenvalue weighted by Crippen LogP contribution is 2.33. The lowest BCUT2D eigenvalue weighted by molar-refractivity contribution is -0.137. The monoisotopic (exact) mass is 325 g/mol. The number of fused-ring (bicyclic) bond motifs is 1. The summed E-state index contributed by atoms with van der Waals surface area (Å²) in [6.07, 6.45) is -3.60.